The number of nitrogens with zero attached hydrogens (tertiary/aromatic N) is 1. The van der Waals surface area contributed by atoms with Gasteiger partial charge in [0.15, 0.2) is 0 Å². The van der Waals surface area contributed by atoms with Crippen LogP contribution < -0.4 is 0 Å². The SMILES string of the molecule is C=N/C(=C\C=C/C)C(F)(F)F. The maximum atomic E-state index is 11.8. The Labute approximate surface area is 62.9 Å². The van der Waals surface area contributed by atoms with Gasteiger partial charge in [-0.15, -0.1) is 0 Å². The third-order valence-corrected chi connectivity index (χ3v) is 0.907. The fraction of sp³-hybridized carbons (Fsp3) is 0.286. The first-order chi connectivity index (χ1) is 5.02. The number of allylic oxidation sites excluding steroid dienone is 4. The second-order valence-corrected chi connectivity index (χ2v) is 1.73. The van der Waals surface area contributed by atoms with Gasteiger partial charge in [-0.3, -0.25) is 4.99 Å². The fourth-order valence-electron chi connectivity index (χ4n) is 0.424. The topological polar surface area (TPSA) is 12.4 Å². The summed E-state index contributed by atoms with van der Waals surface area (Å²) in [6.45, 7) is 4.43. The molecule has 0 atom stereocenters. The van der Waals surface area contributed by atoms with Gasteiger partial charge < -0.3 is 0 Å². The van der Waals surface area contributed by atoms with E-state index < -0.39 is 11.9 Å². The molecule has 0 aromatic carbocycles. The van der Waals surface area contributed by atoms with Crippen LogP contribution in [0.1, 0.15) is 6.92 Å². The van der Waals surface area contributed by atoms with Crippen molar-refractivity contribution in [2.24, 2.45) is 4.99 Å². The quantitative estimate of drug-likeness (QED) is 0.438. The molecule has 0 aliphatic carbocycles. The van der Waals surface area contributed by atoms with E-state index in [0.717, 1.165) is 6.08 Å². The number of aliphatic imine (C=N–C) groups is 1. The van der Waals surface area contributed by atoms with Crippen LogP contribution in [0.5, 0.6) is 0 Å². The average molecular weight is 163 g/mol. The Morgan fingerprint density at radius 2 is 2.00 bits per heavy atom. The first kappa shape index (κ1) is 9.94. The van der Waals surface area contributed by atoms with E-state index >= 15 is 0 Å². The largest absolute Gasteiger partial charge is 0.433 e. The van der Waals surface area contributed by atoms with Gasteiger partial charge in [-0.2, -0.15) is 13.2 Å². The maximum Gasteiger partial charge on any atom is 0.433 e. The minimum Gasteiger partial charge on any atom is -0.260 e. The molecule has 0 aromatic rings. The third kappa shape index (κ3) is 3.60. The van der Waals surface area contributed by atoms with Crippen molar-refractivity contribution in [3.05, 3.63) is 23.9 Å². The van der Waals surface area contributed by atoms with Crippen LogP contribution in [-0.2, 0) is 0 Å². The molecule has 0 N–H and O–H groups in total. The van der Waals surface area contributed by atoms with Crippen LogP contribution in [0.25, 0.3) is 0 Å². The monoisotopic (exact) mass is 163 g/mol. The summed E-state index contributed by atoms with van der Waals surface area (Å²) in [5.41, 5.74) is -0.976. The molecule has 62 valence electrons. The second kappa shape index (κ2) is 3.95. The zero-order valence-electron chi connectivity index (χ0n) is 6.02. The fourth-order valence-corrected chi connectivity index (χ4v) is 0.424. The van der Waals surface area contributed by atoms with E-state index in [1.807, 2.05) is 0 Å². The Morgan fingerprint density at radius 1 is 1.45 bits per heavy atom. The average Bonchev–Trinajstić information content (AvgIpc) is 1.87. The molecule has 1 nitrogen and oxygen atoms in total. The van der Waals surface area contributed by atoms with Crippen molar-refractivity contribution < 1.29 is 13.2 Å². The summed E-state index contributed by atoms with van der Waals surface area (Å²) in [5, 5.41) is 0. The maximum absolute atomic E-state index is 11.8. The minimum absolute atomic E-state index is 0.868. The van der Waals surface area contributed by atoms with Crippen LogP contribution in [0, 0.1) is 0 Å². The summed E-state index contributed by atoms with van der Waals surface area (Å²) >= 11 is 0. The Kier molecular flexibility index (Phi) is 3.57. The molecule has 0 saturated heterocycles. The number of halogens is 3. The van der Waals surface area contributed by atoms with Gasteiger partial charge in [0.25, 0.3) is 0 Å². The van der Waals surface area contributed by atoms with Gasteiger partial charge in [0.05, 0.1) is 0 Å². The summed E-state index contributed by atoms with van der Waals surface area (Å²) < 4.78 is 35.4. The van der Waals surface area contributed by atoms with Crippen LogP contribution in [-0.4, -0.2) is 12.9 Å². The lowest BCUT2D eigenvalue weighted by atomic mass is 10.3. The zero-order chi connectivity index (χ0) is 8.91. The zero-order valence-corrected chi connectivity index (χ0v) is 6.02. The normalized spacial score (nSPS) is 14.0. The minimum atomic E-state index is -4.40. The highest BCUT2D eigenvalue weighted by atomic mass is 19.4. The van der Waals surface area contributed by atoms with Crippen LogP contribution in [0.15, 0.2) is 28.9 Å². The van der Waals surface area contributed by atoms with Gasteiger partial charge in [0, 0.05) is 0 Å². The highest BCUT2D eigenvalue weighted by Crippen LogP contribution is 2.25. The smallest absolute Gasteiger partial charge is 0.260 e. The summed E-state index contributed by atoms with van der Waals surface area (Å²) in [7, 11) is 0. The first-order valence-corrected chi connectivity index (χ1v) is 2.89. The summed E-state index contributed by atoms with van der Waals surface area (Å²) in [6.07, 6.45) is -0.789. The van der Waals surface area contributed by atoms with Crippen molar-refractivity contribution >= 4 is 6.72 Å². The van der Waals surface area contributed by atoms with Crippen molar-refractivity contribution in [2.45, 2.75) is 13.1 Å². The number of alkyl halides is 3. The van der Waals surface area contributed by atoms with E-state index in [0.29, 0.717) is 0 Å². The molecule has 0 rings (SSSR count). The van der Waals surface area contributed by atoms with Crippen LogP contribution in [0.3, 0.4) is 0 Å². The van der Waals surface area contributed by atoms with Crippen molar-refractivity contribution in [3.8, 4) is 0 Å². The Hall–Kier alpha value is -1.06. The lowest BCUT2D eigenvalue weighted by molar-refractivity contribution is -0.0922. The van der Waals surface area contributed by atoms with E-state index in [1.165, 1.54) is 12.2 Å². The van der Waals surface area contributed by atoms with E-state index in [2.05, 4.69) is 11.7 Å². The van der Waals surface area contributed by atoms with E-state index in [4.69, 9.17) is 0 Å². The van der Waals surface area contributed by atoms with Crippen LogP contribution in [0.4, 0.5) is 13.2 Å². The molecule has 0 radical (unpaired) electrons. The number of hydrogen-bond donors (Lipinski definition) is 0. The molecule has 0 fully saturated rings. The van der Waals surface area contributed by atoms with Crippen LogP contribution in [0.2, 0.25) is 0 Å². The summed E-state index contributed by atoms with van der Waals surface area (Å²) in [6, 6.07) is 0. The molecule has 0 unspecified atom stereocenters. The second-order valence-electron chi connectivity index (χ2n) is 1.73. The van der Waals surface area contributed by atoms with E-state index in [1.54, 1.807) is 6.92 Å². The highest BCUT2D eigenvalue weighted by Gasteiger charge is 2.32. The summed E-state index contributed by atoms with van der Waals surface area (Å²) in [5.74, 6) is 0. The van der Waals surface area contributed by atoms with E-state index in [9.17, 15) is 13.2 Å². The molecule has 0 aromatic heterocycles. The molecule has 0 spiro atoms. The van der Waals surface area contributed by atoms with Gasteiger partial charge in [-0.05, 0) is 19.7 Å². The molecule has 4 heteroatoms. The Bertz CT molecular complexity index is 188. The molecule has 0 saturated carbocycles. The van der Waals surface area contributed by atoms with Crippen LogP contribution >= 0.6 is 0 Å². The van der Waals surface area contributed by atoms with Gasteiger partial charge in [-0.1, -0.05) is 12.2 Å². The van der Waals surface area contributed by atoms with Crippen molar-refractivity contribution in [1.29, 1.82) is 0 Å². The molecule has 0 aliphatic heterocycles. The van der Waals surface area contributed by atoms with Gasteiger partial charge >= 0.3 is 6.18 Å². The molecular formula is C7H8F3N. The number of rotatable bonds is 2. The lowest BCUT2D eigenvalue weighted by Crippen LogP contribution is -2.09. The van der Waals surface area contributed by atoms with Crippen molar-refractivity contribution in [1.82, 2.24) is 0 Å². The molecular weight excluding hydrogens is 155 g/mol. The lowest BCUT2D eigenvalue weighted by Gasteiger charge is -2.03. The van der Waals surface area contributed by atoms with Gasteiger partial charge in [0.1, 0.15) is 5.70 Å². The number of hydrogen-bond acceptors (Lipinski definition) is 1. The highest BCUT2D eigenvalue weighted by molar-refractivity contribution is 5.31. The standard InChI is InChI=1S/C7H8F3N/c1-3-4-5-6(11-2)7(8,9)10/h3-5H,2H2,1H3/b4-3-,6-5-. The van der Waals surface area contributed by atoms with E-state index in [-0.39, 0.29) is 0 Å². The predicted molar refractivity (Wildman–Crippen MR) is 38.5 cm³/mol. The third-order valence-electron chi connectivity index (χ3n) is 0.907. The molecule has 0 amide bonds. The van der Waals surface area contributed by atoms with Crippen molar-refractivity contribution in [3.63, 3.8) is 0 Å². The van der Waals surface area contributed by atoms with Gasteiger partial charge in [-0.25, -0.2) is 0 Å². The molecule has 0 heterocycles. The molecule has 0 aliphatic rings. The van der Waals surface area contributed by atoms with Crippen molar-refractivity contribution in [2.75, 3.05) is 0 Å². The molecule has 0 bridgehead atoms. The predicted octanol–water partition coefficient (Wildman–Crippen LogP) is 2.71. The van der Waals surface area contributed by atoms with Gasteiger partial charge in [0.2, 0.25) is 0 Å². The summed E-state index contributed by atoms with van der Waals surface area (Å²) in [4.78, 5) is 2.83. The first-order valence-electron chi connectivity index (χ1n) is 2.89. The Morgan fingerprint density at radius 3 is 2.27 bits per heavy atom. The molecule has 11 heavy (non-hydrogen) atoms. The Balaban J connectivity index is 4.53.